The maximum Gasteiger partial charge on any atom is 0.417 e. The van der Waals surface area contributed by atoms with Crippen LogP contribution in [-0.4, -0.2) is 41.1 Å². The summed E-state index contributed by atoms with van der Waals surface area (Å²) in [6.45, 7) is 15.8. The fourth-order valence-electron chi connectivity index (χ4n) is 5.19. The molecule has 0 saturated carbocycles. The molecule has 0 radical (unpaired) electrons. The Balaban J connectivity index is 1.32. The molecule has 0 amide bonds. The number of rotatable bonds is 6. The van der Waals surface area contributed by atoms with Gasteiger partial charge in [-0.25, -0.2) is 0 Å². The summed E-state index contributed by atoms with van der Waals surface area (Å²) in [5.41, 5.74) is 1.78. The standard InChI is InChI=1S/C30H40F3N3OSi/c1-29(2,3)38(4,5)37-21-22-12-15-35(16-13-22)26-9-6-23(7-10-26)25-14-17-36(20-25)27-11-8-24(19-34)28(18-27)30(31,32)33/h6-11,18,22,25H,12-17,20-21H2,1-5H3/t25-/m1/s1. The van der Waals surface area contributed by atoms with Crippen molar-refractivity contribution in [2.24, 2.45) is 5.92 Å². The minimum absolute atomic E-state index is 0.236. The number of alkyl halides is 3. The first-order valence-electron chi connectivity index (χ1n) is 13.6. The number of hydrogen-bond acceptors (Lipinski definition) is 4. The molecule has 2 aliphatic heterocycles. The van der Waals surface area contributed by atoms with Gasteiger partial charge in [0.15, 0.2) is 8.32 Å². The summed E-state index contributed by atoms with van der Waals surface area (Å²) < 4.78 is 46.7. The van der Waals surface area contributed by atoms with E-state index in [0.29, 0.717) is 24.7 Å². The van der Waals surface area contributed by atoms with Crippen LogP contribution in [0.4, 0.5) is 24.5 Å². The van der Waals surface area contributed by atoms with Gasteiger partial charge in [-0.05, 0) is 79.2 Å². The number of benzene rings is 2. The molecule has 38 heavy (non-hydrogen) atoms. The summed E-state index contributed by atoms with van der Waals surface area (Å²) in [7, 11) is -1.71. The van der Waals surface area contributed by atoms with E-state index in [1.807, 2.05) is 4.90 Å². The van der Waals surface area contributed by atoms with Crippen LogP contribution in [0.25, 0.3) is 0 Å². The van der Waals surface area contributed by atoms with Crippen molar-refractivity contribution >= 4 is 19.7 Å². The Bertz CT molecular complexity index is 1140. The van der Waals surface area contributed by atoms with Crippen LogP contribution in [0.5, 0.6) is 0 Å². The molecule has 2 heterocycles. The van der Waals surface area contributed by atoms with Gasteiger partial charge in [0, 0.05) is 50.1 Å². The lowest BCUT2D eigenvalue weighted by Crippen LogP contribution is -2.43. The molecular formula is C30H40F3N3OSi. The van der Waals surface area contributed by atoms with Crippen molar-refractivity contribution in [1.82, 2.24) is 0 Å². The number of nitrogens with zero attached hydrogens (tertiary/aromatic N) is 3. The van der Waals surface area contributed by atoms with Gasteiger partial charge in [-0.15, -0.1) is 0 Å². The highest BCUT2D eigenvalue weighted by atomic mass is 28.4. The van der Waals surface area contributed by atoms with Gasteiger partial charge in [-0.2, -0.15) is 18.4 Å². The topological polar surface area (TPSA) is 39.5 Å². The van der Waals surface area contributed by atoms with Crippen molar-refractivity contribution in [3.8, 4) is 6.07 Å². The van der Waals surface area contributed by atoms with Gasteiger partial charge in [0.05, 0.1) is 17.2 Å². The highest BCUT2D eigenvalue weighted by Crippen LogP contribution is 2.39. The molecule has 4 nitrogen and oxygen atoms in total. The van der Waals surface area contributed by atoms with Crippen LogP contribution in [0.1, 0.15) is 62.6 Å². The fraction of sp³-hybridized carbons (Fsp3) is 0.567. The Kier molecular flexibility index (Phi) is 8.20. The zero-order valence-electron chi connectivity index (χ0n) is 23.2. The lowest BCUT2D eigenvalue weighted by Gasteiger charge is -2.39. The summed E-state index contributed by atoms with van der Waals surface area (Å²) in [6, 6.07) is 14.4. The largest absolute Gasteiger partial charge is 0.417 e. The van der Waals surface area contributed by atoms with Crippen molar-refractivity contribution in [3.05, 3.63) is 59.2 Å². The molecule has 0 spiro atoms. The van der Waals surface area contributed by atoms with Crippen molar-refractivity contribution < 1.29 is 17.6 Å². The van der Waals surface area contributed by atoms with E-state index in [1.54, 1.807) is 12.1 Å². The normalized spacial score (nSPS) is 19.6. The molecule has 0 aromatic heterocycles. The predicted molar refractivity (Wildman–Crippen MR) is 150 cm³/mol. The Morgan fingerprint density at radius 2 is 1.53 bits per heavy atom. The first kappa shape index (κ1) is 28.5. The second-order valence-electron chi connectivity index (χ2n) is 12.4. The lowest BCUT2D eigenvalue weighted by molar-refractivity contribution is -0.137. The summed E-state index contributed by atoms with van der Waals surface area (Å²) >= 11 is 0. The van der Waals surface area contributed by atoms with Crippen LogP contribution < -0.4 is 9.80 Å². The van der Waals surface area contributed by atoms with Crippen molar-refractivity contribution in [3.63, 3.8) is 0 Å². The molecule has 2 aliphatic rings. The Labute approximate surface area is 226 Å². The van der Waals surface area contributed by atoms with E-state index in [-0.39, 0.29) is 16.5 Å². The molecule has 1 atom stereocenters. The van der Waals surface area contributed by atoms with E-state index in [0.717, 1.165) is 45.0 Å². The summed E-state index contributed by atoms with van der Waals surface area (Å²) in [5, 5.41) is 9.30. The molecule has 2 aromatic rings. The maximum atomic E-state index is 13.4. The average molecular weight is 544 g/mol. The number of anilines is 2. The second kappa shape index (κ2) is 10.9. The van der Waals surface area contributed by atoms with E-state index in [2.05, 4.69) is 63.0 Å². The van der Waals surface area contributed by atoms with Crippen molar-refractivity contribution in [2.45, 2.75) is 70.3 Å². The van der Waals surface area contributed by atoms with Gasteiger partial charge in [0.1, 0.15) is 0 Å². The van der Waals surface area contributed by atoms with Gasteiger partial charge in [-0.1, -0.05) is 32.9 Å². The van der Waals surface area contributed by atoms with Crippen molar-refractivity contribution in [2.75, 3.05) is 42.6 Å². The molecular weight excluding hydrogens is 503 g/mol. The molecule has 0 aliphatic carbocycles. The van der Waals surface area contributed by atoms with E-state index < -0.39 is 20.1 Å². The van der Waals surface area contributed by atoms with Gasteiger partial charge in [-0.3, -0.25) is 0 Å². The molecule has 2 saturated heterocycles. The van der Waals surface area contributed by atoms with Gasteiger partial charge in [0.2, 0.25) is 0 Å². The minimum Gasteiger partial charge on any atom is -0.417 e. The molecule has 206 valence electrons. The van der Waals surface area contributed by atoms with Crippen LogP contribution in [0.2, 0.25) is 18.1 Å². The number of halogens is 3. The summed E-state index contributed by atoms with van der Waals surface area (Å²) in [4.78, 5) is 4.44. The van der Waals surface area contributed by atoms with E-state index >= 15 is 0 Å². The highest BCUT2D eigenvalue weighted by molar-refractivity contribution is 6.74. The number of hydrogen-bond donors (Lipinski definition) is 0. The highest BCUT2D eigenvalue weighted by Gasteiger charge is 2.38. The third kappa shape index (κ3) is 6.37. The smallest absolute Gasteiger partial charge is 0.417 e. The summed E-state index contributed by atoms with van der Waals surface area (Å²) in [6.07, 6.45) is -1.38. The Morgan fingerprint density at radius 1 is 0.921 bits per heavy atom. The zero-order chi connectivity index (χ0) is 27.7. The number of nitriles is 1. The molecule has 2 fully saturated rings. The van der Waals surface area contributed by atoms with Crippen LogP contribution >= 0.6 is 0 Å². The Hall–Kier alpha value is -2.50. The molecule has 0 N–H and O–H groups in total. The average Bonchev–Trinajstić information content (AvgIpc) is 3.37. The molecule has 0 bridgehead atoms. The molecule has 8 heteroatoms. The van der Waals surface area contributed by atoms with Crippen LogP contribution in [0.3, 0.4) is 0 Å². The SMILES string of the molecule is CC(C)(C)[Si](C)(C)OCC1CCN(c2ccc([C@@H]3CCN(c4ccc(C#N)c(C(F)(F)F)c4)C3)cc2)CC1. The molecule has 0 unspecified atom stereocenters. The first-order valence-corrected chi connectivity index (χ1v) is 16.5. The quantitative estimate of drug-likeness (QED) is 0.348. The van der Waals surface area contributed by atoms with Gasteiger partial charge >= 0.3 is 6.18 Å². The number of piperidine rings is 1. The van der Waals surface area contributed by atoms with E-state index in [1.165, 1.54) is 17.3 Å². The van der Waals surface area contributed by atoms with Crippen LogP contribution in [0.15, 0.2) is 42.5 Å². The van der Waals surface area contributed by atoms with Gasteiger partial charge in [0.25, 0.3) is 0 Å². The second-order valence-corrected chi connectivity index (χ2v) is 17.2. The predicted octanol–water partition coefficient (Wildman–Crippen LogP) is 7.81. The zero-order valence-corrected chi connectivity index (χ0v) is 24.2. The maximum absolute atomic E-state index is 13.4. The van der Waals surface area contributed by atoms with E-state index in [9.17, 15) is 13.2 Å². The summed E-state index contributed by atoms with van der Waals surface area (Å²) in [5.74, 6) is 0.886. The van der Waals surface area contributed by atoms with Crippen LogP contribution in [-0.2, 0) is 10.6 Å². The molecule has 4 rings (SSSR count). The van der Waals surface area contributed by atoms with Crippen LogP contribution in [0, 0.1) is 17.2 Å². The van der Waals surface area contributed by atoms with E-state index in [4.69, 9.17) is 9.69 Å². The monoisotopic (exact) mass is 543 g/mol. The first-order chi connectivity index (χ1) is 17.8. The minimum atomic E-state index is -4.54. The lowest BCUT2D eigenvalue weighted by atomic mass is 9.96. The van der Waals surface area contributed by atoms with Crippen molar-refractivity contribution in [1.29, 1.82) is 5.26 Å². The third-order valence-electron chi connectivity index (χ3n) is 8.81. The fourth-order valence-corrected chi connectivity index (χ4v) is 6.27. The third-order valence-corrected chi connectivity index (χ3v) is 13.3. The Morgan fingerprint density at radius 3 is 2.11 bits per heavy atom. The molecule has 2 aromatic carbocycles. The van der Waals surface area contributed by atoms with Gasteiger partial charge < -0.3 is 14.2 Å².